The predicted molar refractivity (Wildman–Crippen MR) is 110 cm³/mol. The molecule has 3 rings (SSSR count). The number of carboxylic acid groups (broad SMARTS) is 1. The molecule has 5 nitrogen and oxygen atoms in total. The third kappa shape index (κ3) is 4.17. The third-order valence-corrected chi connectivity index (χ3v) is 6.48. The first-order chi connectivity index (χ1) is 13.5. The SMILES string of the molecule is COc1ccc(SC(C)C(=O)N2CCC(C(=O)O)(c3ccccc3)CC2)cc1. The number of methoxy groups -OCH3 is 1. The van der Waals surface area contributed by atoms with E-state index in [4.69, 9.17) is 4.74 Å². The lowest BCUT2D eigenvalue weighted by Crippen LogP contribution is -2.50. The van der Waals surface area contributed by atoms with Gasteiger partial charge in [-0.05, 0) is 49.6 Å². The van der Waals surface area contributed by atoms with Crippen LogP contribution >= 0.6 is 11.8 Å². The van der Waals surface area contributed by atoms with Gasteiger partial charge >= 0.3 is 5.97 Å². The van der Waals surface area contributed by atoms with Gasteiger partial charge in [0.25, 0.3) is 0 Å². The Bertz CT molecular complexity index is 814. The van der Waals surface area contributed by atoms with Gasteiger partial charge in [-0.15, -0.1) is 11.8 Å². The molecule has 2 aromatic carbocycles. The van der Waals surface area contributed by atoms with E-state index in [0.29, 0.717) is 25.9 Å². The fourth-order valence-corrected chi connectivity index (χ4v) is 4.61. The maximum atomic E-state index is 12.9. The summed E-state index contributed by atoms with van der Waals surface area (Å²) in [7, 11) is 1.62. The van der Waals surface area contributed by atoms with E-state index in [1.807, 2.05) is 61.5 Å². The molecule has 6 heteroatoms. The average Bonchev–Trinajstić information content (AvgIpc) is 2.74. The number of hydrogen-bond donors (Lipinski definition) is 1. The number of amides is 1. The molecular formula is C22H25NO4S. The van der Waals surface area contributed by atoms with Crippen LogP contribution < -0.4 is 4.74 Å². The van der Waals surface area contributed by atoms with Crippen LogP contribution in [0.25, 0.3) is 0 Å². The second-order valence-electron chi connectivity index (χ2n) is 7.01. The molecule has 0 saturated carbocycles. The van der Waals surface area contributed by atoms with E-state index >= 15 is 0 Å². The number of benzene rings is 2. The van der Waals surface area contributed by atoms with Crippen molar-refractivity contribution in [2.45, 2.75) is 35.3 Å². The van der Waals surface area contributed by atoms with Gasteiger partial charge in [-0.25, -0.2) is 0 Å². The number of nitrogens with zero attached hydrogens (tertiary/aromatic N) is 1. The topological polar surface area (TPSA) is 66.8 Å². The smallest absolute Gasteiger partial charge is 0.314 e. The van der Waals surface area contributed by atoms with Gasteiger partial charge in [-0.3, -0.25) is 9.59 Å². The molecular weight excluding hydrogens is 374 g/mol. The highest BCUT2D eigenvalue weighted by molar-refractivity contribution is 8.00. The van der Waals surface area contributed by atoms with Crippen LogP contribution in [0.5, 0.6) is 5.75 Å². The van der Waals surface area contributed by atoms with Gasteiger partial charge in [-0.2, -0.15) is 0 Å². The molecule has 1 atom stereocenters. The Kier molecular flexibility index (Phi) is 6.29. The highest BCUT2D eigenvalue weighted by Crippen LogP contribution is 2.37. The summed E-state index contributed by atoms with van der Waals surface area (Å²) in [6, 6.07) is 17.0. The van der Waals surface area contributed by atoms with Crippen molar-refractivity contribution < 1.29 is 19.4 Å². The summed E-state index contributed by atoms with van der Waals surface area (Å²) in [4.78, 5) is 27.7. The Hall–Kier alpha value is -2.47. The normalized spacial score (nSPS) is 17.0. The van der Waals surface area contributed by atoms with E-state index < -0.39 is 11.4 Å². The van der Waals surface area contributed by atoms with E-state index in [1.54, 1.807) is 12.0 Å². The predicted octanol–water partition coefficient (Wildman–Crippen LogP) is 3.82. The van der Waals surface area contributed by atoms with Crippen LogP contribution in [0, 0.1) is 0 Å². The maximum absolute atomic E-state index is 12.9. The molecule has 1 aliphatic rings. The minimum atomic E-state index is -0.912. The van der Waals surface area contributed by atoms with E-state index in [1.165, 1.54) is 11.8 Å². The largest absolute Gasteiger partial charge is 0.497 e. The van der Waals surface area contributed by atoms with Gasteiger partial charge < -0.3 is 14.7 Å². The van der Waals surface area contributed by atoms with Gasteiger partial charge in [0, 0.05) is 18.0 Å². The fourth-order valence-electron chi connectivity index (χ4n) is 3.66. The summed E-state index contributed by atoms with van der Waals surface area (Å²) < 4.78 is 5.16. The summed E-state index contributed by atoms with van der Waals surface area (Å²) >= 11 is 1.50. The molecule has 28 heavy (non-hydrogen) atoms. The molecule has 1 aliphatic heterocycles. The molecule has 0 aliphatic carbocycles. The zero-order valence-corrected chi connectivity index (χ0v) is 16.9. The molecule has 2 aromatic rings. The van der Waals surface area contributed by atoms with Crippen molar-refractivity contribution in [3.05, 3.63) is 60.2 Å². The van der Waals surface area contributed by atoms with Gasteiger partial charge in [0.1, 0.15) is 5.75 Å². The molecule has 0 radical (unpaired) electrons. The van der Waals surface area contributed by atoms with Crippen LogP contribution in [-0.4, -0.2) is 47.3 Å². The molecule has 1 unspecified atom stereocenters. The Morgan fingerprint density at radius 2 is 1.68 bits per heavy atom. The number of thioether (sulfide) groups is 1. The average molecular weight is 400 g/mol. The summed E-state index contributed by atoms with van der Waals surface area (Å²) in [5.74, 6) is 0.0182. The highest BCUT2D eigenvalue weighted by atomic mass is 32.2. The molecule has 1 fully saturated rings. The van der Waals surface area contributed by atoms with Crippen LogP contribution in [-0.2, 0) is 15.0 Å². The van der Waals surface area contributed by atoms with Crippen LogP contribution in [0.2, 0.25) is 0 Å². The minimum Gasteiger partial charge on any atom is -0.497 e. The van der Waals surface area contributed by atoms with Crippen LogP contribution in [0.1, 0.15) is 25.3 Å². The second kappa shape index (κ2) is 8.69. The van der Waals surface area contributed by atoms with Crippen molar-refractivity contribution in [2.24, 2.45) is 0 Å². The minimum absolute atomic E-state index is 0.0490. The Labute approximate surface area is 169 Å². The Balaban J connectivity index is 1.64. The van der Waals surface area contributed by atoms with E-state index in [0.717, 1.165) is 16.2 Å². The van der Waals surface area contributed by atoms with Crippen molar-refractivity contribution in [3.63, 3.8) is 0 Å². The van der Waals surface area contributed by atoms with Gasteiger partial charge in [-0.1, -0.05) is 30.3 Å². The number of hydrogen-bond acceptors (Lipinski definition) is 4. The highest BCUT2D eigenvalue weighted by Gasteiger charge is 2.44. The van der Waals surface area contributed by atoms with E-state index in [2.05, 4.69) is 0 Å². The first-order valence-electron chi connectivity index (χ1n) is 9.35. The number of rotatable bonds is 6. The fraction of sp³-hybridized carbons (Fsp3) is 0.364. The zero-order valence-electron chi connectivity index (χ0n) is 16.1. The number of ether oxygens (including phenoxy) is 1. The summed E-state index contributed by atoms with van der Waals surface area (Å²) in [6.07, 6.45) is 0.857. The van der Waals surface area contributed by atoms with Crippen molar-refractivity contribution in [3.8, 4) is 5.75 Å². The number of carbonyl (C=O) groups excluding carboxylic acids is 1. The van der Waals surface area contributed by atoms with Gasteiger partial charge in [0.15, 0.2) is 0 Å². The lowest BCUT2D eigenvalue weighted by molar-refractivity contribution is -0.148. The molecule has 1 heterocycles. The summed E-state index contributed by atoms with van der Waals surface area (Å²) in [5.41, 5.74) is -0.0972. The first kappa shape index (κ1) is 20.3. The lowest BCUT2D eigenvalue weighted by atomic mass is 9.73. The number of likely N-dealkylation sites (tertiary alicyclic amines) is 1. The molecule has 1 saturated heterocycles. The van der Waals surface area contributed by atoms with E-state index in [9.17, 15) is 14.7 Å². The Morgan fingerprint density at radius 3 is 2.21 bits per heavy atom. The number of piperidine rings is 1. The van der Waals surface area contributed by atoms with Crippen LogP contribution in [0.3, 0.4) is 0 Å². The molecule has 0 aromatic heterocycles. The first-order valence-corrected chi connectivity index (χ1v) is 10.2. The molecule has 1 amide bonds. The standard InChI is InChI=1S/C22H25NO4S/c1-16(28-19-10-8-18(27-2)9-11-19)20(24)23-14-12-22(13-15-23,21(25)26)17-6-4-3-5-7-17/h3-11,16H,12-15H2,1-2H3,(H,25,26). The van der Waals surface area contributed by atoms with Gasteiger partial charge in [0.2, 0.25) is 5.91 Å². The van der Waals surface area contributed by atoms with Crippen LogP contribution in [0.15, 0.2) is 59.5 Å². The van der Waals surface area contributed by atoms with Crippen molar-refractivity contribution in [2.75, 3.05) is 20.2 Å². The number of carbonyl (C=O) groups is 2. The maximum Gasteiger partial charge on any atom is 0.314 e. The lowest BCUT2D eigenvalue weighted by Gasteiger charge is -2.40. The van der Waals surface area contributed by atoms with Crippen molar-refractivity contribution >= 4 is 23.6 Å². The summed E-state index contributed by atoms with van der Waals surface area (Å²) in [5, 5.41) is 9.66. The quantitative estimate of drug-likeness (QED) is 0.748. The third-order valence-electron chi connectivity index (χ3n) is 5.38. The Morgan fingerprint density at radius 1 is 1.07 bits per heavy atom. The number of aliphatic carboxylic acids is 1. The van der Waals surface area contributed by atoms with Crippen molar-refractivity contribution in [1.29, 1.82) is 0 Å². The zero-order chi connectivity index (χ0) is 20.1. The molecule has 0 spiro atoms. The molecule has 148 valence electrons. The van der Waals surface area contributed by atoms with Crippen molar-refractivity contribution in [1.82, 2.24) is 4.90 Å². The molecule has 0 bridgehead atoms. The monoisotopic (exact) mass is 399 g/mol. The van der Waals surface area contributed by atoms with E-state index in [-0.39, 0.29) is 11.2 Å². The van der Waals surface area contributed by atoms with Crippen LogP contribution in [0.4, 0.5) is 0 Å². The number of carboxylic acids is 1. The summed E-state index contributed by atoms with van der Waals surface area (Å²) in [6.45, 7) is 2.80. The van der Waals surface area contributed by atoms with Gasteiger partial charge in [0.05, 0.1) is 17.8 Å². The second-order valence-corrected chi connectivity index (χ2v) is 8.43. The molecule has 1 N–H and O–H groups in total.